The normalized spacial score (nSPS) is 22.7. The van der Waals surface area contributed by atoms with Crippen molar-refractivity contribution in [2.24, 2.45) is 11.1 Å². The molecule has 1 fully saturated rings. The number of benzene rings is 1. The third-order valence-electron chi connectivity index (χ3n) is 4.42. The monoisotopic (exact) mass is 337 g/mol. The largest absolute Gasteiger partial charge is 0.330 e. The first-order valence-electron chi connectivity index (χ1n) is 7.62. The number of hydrogen-bond donors (Lipinski definition) is 1. The van der Waals surface area contributed by atoms with E-state index in [4.69, 9.17) is 17.3 Å². The zero-order chi connectivity index (χ0) is 17.4. The Labute approximate surface area is 141 Å². The Balaban J connectivity index is 2.47. The average Bonchev–Trinajstić information content (AvgIpc) is 2.90. The van der Waals surface area contributed by atoms with Gasteiger partial charge in [0.1, 0.15) is 5.82 Å². The second kappa shape index (κ2) is 6.46. The fraction of sp³-hybridized carbons (Fsp3) is 0.529. The van der Waals surface area contributed by atoms with Crippen molar-refractivity contribution in [2.75, 3.05) is 0 Å². The van der Waals surface area contributed by atoms with Crippen LogP contribution in [0.25, 0.3) is 0 Å². The second-order valence-corrected chi connectivity index (χ2v) is 7.12. The summed E-state index contributed by atoms with van der Waals surface area (Å²) >= 11 is 5.95. The van der Waals surface area contributed by atoms with Gasteiger partial charge in [0.25, 0.3) is 0 Å². The average molecular weight is 338 g/mol. The van der Waals surface area contributed by atoms with Gasteiger partial charge in [-0.15, -0.1) is 0 Å². The molecule has 1 aliphatic heterocycles. The maximum atomic E-state index is 13.7. The van der Waals surface area contributed by atoms with Gasteiger partial charge in [-0.25, -0.2) is 4.39 Å². The number of nitrogens with zero attached hydrogens (tertiary/aromatic N) is 2. The minimum absolute atomic E-state index is 0.235. The zero-order valence-corrected chi connectivity index (χ0v) is 14.3. The van der Waals surface area contributed by atoms with Gasteiger partial charge in [0.2, 0.25) is 5.91 Å². The SMILES string of the molecule is C[C@@H](N)C(=O)N1[C@H](c2cc(F)cc(Cl)c2)CC[C@@H]1C(C)(C)C#N. The molecule has 2 N–H and O–H groups in total. The van der Waals surface area contributed by atoms with Crippen LogP contribution < -0.4 is 5.73 Å². The molecule has 1 heterocycles. The van der Waals surface area contributed by atoms with Gasteiger partial charge in [0.15, 0.2) is 0 Å². The first kappa shape index (κ1) is 17.7. The number of carbonyl (C=O) groups excluding carboxylic acids is 1. The molecule has 3 atom stereocenters. The van der Waals surface area contributed by atoms with Gasteiger partial charge < -0.3 is 10.6 Å². The molecule has 0 unspecified atom stereocenters. The molecular formula is C17H21ClFN3O. The molecule has 23 heavy (non-hydrogen) atoms. The number of carbonyl (C=O) groups is 1. The molecule has 1 saturated heterocycles. The van der Waals surface area contributed by atoms with E-state index in [9.17, 15) is 14.4 Å². The Morgan fingerprint density at radius 2 is 2.13 bits per heavy atom. The highest BCUT2D eigenvalue weighted by atomic mass is 35.5. The summed E-state index contributed by atoms with van der Waals surface area (Å²) in [6.07, 6.45) is 1.31. The van der Waals surface area contributed by atoms with E-state index >= 15 is 0 Å². The third kappa shape index (κ3) is 3.49. The van der Waals surface area contributed by atoms with Crippen LogP contribution >= 0.6 is 11.6 Å². The molecule has 1 aromatic carbocycles. The van der Waals surface area contributed by atoms with Crippen LogP contribution in [0.3, 0.4) is 0 Å². The van der Waals surface area contributed by atoms with Crippen molar-refractivity contribution >= 4 is 17.5 Å². The number of rotatable bonds is 3. The highest BCUT2D eigenvalue weighted by Gasteiger charge is 2.46. The molecule has 2 rings (SSSR count). The van der Waals surface area contributed by atoms with Gasteiger partial charge in [-0.05, 0) is 57.4 Å². The molecule has 0 aliphatic carbocycles. The molecule has 0 spiro atoms. The van der Waals surface area contributed by atoms with Gasteiger partial charge in [-0.3, -0.25) is 4.79 Å². The Kier molecular flexibility index (Phi) is 4.98. The van der Waals surface area contributed by atoms with Gasteiger partial charge in [0.05, 0.1) is 29.6 Å². The Morgan fingerprint density at radius 1 is 1.48 bits per heavy atom. The summed E-state index contributed by atoms with van der Waals surface area (Å²) in [5.74, 6) is -0.676. The zero-order valence-electron chi connectivity index (χ0n) is 13.5. The number of halogens is 2. The van der Waals surface area contributed by atoms with Gasteiger partial charge in [0, 0.05) is 5.02 Å². The molecule has 0 aromatic heterocycles. The second-order valence-electron chi connectivity index (χ2n) is 6.68. The number of likely N-dealkylation sites (tertiary alicyclic amines) is 1. The Bertz CT molecular complexity index is 633. The van der Waals surface area contributed by atoms with Crippen LogP contribution in [0.1, 0.15) is 45.2 Å². The fourth-order valence-electron chi connectivity index (χ4n) is 3.23. The van der Waals surface area contributed by atoms with Crippen molar-refractivity contribution in [3.8, 4) is 6.07 Å². The van der Waals surface area contributed by atoms with E-state index in [1.54, 1.807) is 31.7 Å². The van der Waals surface area contributed by atoms with Crippen LogP contribution in [0.2, 0.25) is 5.02 Å². The maximum absolute atomic E-state index is 13.7. The lowest BCUT2D eigenvalue weighted by molar-refractivity contribution is -0.137. The molecule has 0 radical (unpaired) electrons. The smallest absolute Gasteiger partial charge is 0.240 e. The molecule has 0 bridgehead atoms. The Morgan fingerprint density at radius 3 is 2.65 bits per heavy atom. The maximum Gasteiger partial charge on any atom is 0.240 e. The molecule has 0 saturated carbocycles. The first-order chi connectivity index (χ1) is 10.7. The molecule has 1 aliphatic rings. The van der Waals surface area contributed by atoms with E-state index in [1.165, 1.54) is 12.1 Å². The van der Waals surface area contributed by atoms with Crippen LogP contribution in [0.15, 0.2) is 18.2 Å². The molecule has 1 amide bonds. The standard InChI is InChI=1S/C17H21ClFN3O/c1-10(21)16(23)22-14(4-5-15(22)17(2,3)9-20)11-6-12(18)8-13(19)7-11/h6-8,10,14-15H,4-5,21H2,1-3H3/t10-,14+,15-/m1/s1. The van der Waals surface area contributed by atoms with Crippen molar-refractivity contribution in [3.05, 3.63) is 34.6 Å². The van der Waals surface area contributed by atoms with E-state index in [0.29, 0.717) is 18.4 Å². The fourth-order valence-corrected chi connectivity index (χ4v) is 3.46. The lowest BCUT2D eigenvalue weighted by Gasteiger charge is -2.37. The minimum atomic E-state index is -0.712. The predicted molar refractivity (Wildman–Crippen MR) is 87.1 cm³/mol. The Hall–Kier alpha value is -1.64. The van der Waals surface area contributed by atoms with E-state index in [2.05, 4.69) is 6.07 Å². The van der Waals surface area contributed by atoms with Crippen molar-refractivity contribution in [1.82, 2.24) is 4.90 Å². The van der Waals surface area contributed by atoms with Crippen LogP contribution in [0.5, 0.6) is 0 Å². The molecule has 124 valence electrons. The summed E-state index contributed by atoms with van der Waals surface area (Å²) in [6, 6.07) is 5.28. The van der Waals surface area contributed by atoms with Crippen LogP contribution in [0, 0.1) is 22.6 Å². The summed E-state index contributed by atoms with van der Waals surface area (Å²) < 4.78 is 13.7. The van der Waals surface area contributed by atoms with Gasteiger partial charge in [-0.2, -0.15) is 5.26 Å². The van der Waals surface area contributed by atoms with Crippen molar-refractivity contribution in [2.45, 2.75) is 51.7 Å². The van der Waals surface area contributed by atoms with E-state index in [-0.39, 0.29) is 23.0 Å². The van der Waals surface area contributed by atoms with Crippen LogP contribution in [-0.2, 0) is 4.79 Å². The molecule has 1 aromatic rings. The molecule has 6 heteroatoms. The summed E-state index contributed by atoms with van der Waals surface area (Å²) in [4.78, 5) is 14.3. The highest BCUT2D eigenvalue weighted by Crippen LogP contribution is 2.43. The minimum Gasteiger partial charge on any atom is -0.330 e. The van der Waals surface area contributed by atoms with E-state index in [1.807, 2.05) is 0 Å². The van der Waals surface area contributed by atoms with E-state index < -0.39 is 17.3 Å². The van der Waals surface area contributed by atoms with Crippen molar-refractivity contribution in [3.63, 3.8) is 0 Å². The van der Waals surface area contributed by atoms with Crippen LogP contribution in [0.4, 0.5) is 4.39 Å². The summed E-state index contributed by atoms with van der Waals surface area (Å²) in [5.41, 5.74) is 5.72. The third-order valence-corrected chi connectivity index (χ3v) is 4.64. The first-order valence-corrected chi connectivity index (χ1v) is 8.00. The number of hydrogen-bond acceptors (Lipinski definition) is 3. The topological polar surface area (TPSA) is 70.1 Å². The van der Waals surface area contributed by atoms with Crippen molar-refractivity contribution in [1.29, 1.82) is 5.26 Å². The van der Waals surface area contributed by atoms with Gasteiger partial charge in [-0.1, -0.05) is 11.6 Å². The quantitative estimate of drug-likeness (QED) is 0.918. The summed E-state index contributed by atoms with van der Waals surface area (Å²) in [5, 5.41) is 9.73. The van der Waals surface area contributed by atoms with Crippen molar-refractivity contribution < 1.29 is 9.18 Å². The summed E-state index contributed by atoms with van der Waals surface area (Å²) in [7, 11) is 0. The van der Waals surface area contributed by atoms with Crippen LogP contribution in [-0.4, -0.2) is 22.9 Å². The van der Waals surface area contributed by atoms with E-state index in [0.717, 1.165) is 0 Å². The van der Waals surface area contributed by atoms with Gasteiger partial charge >= 0.3 is 0 Å². The number of nitriles is 1. The predicted octanol–water partition coefficient (Wildman–Crippen LogP) is 3.41. The summed E-state index contributed by atoms with van der Waals surface area (Å²) in [6.45, 7) is 5.23. The number of amides is 1. The lowest BCUT2D eigenvalue weighted by atomic mass is 9.84. The molecule has 4 nitrogen and oxygen atoms in total. The highest BCUT2D eigenvalue weighted by molar-refractivity contribution is 6.30. The number of nitrogens with two attached hydrogens (primary N) is 1. The lowest BCUT2D eigenvalue weighted by Crippen LogP contribution is -2.50. The molecular weight excluding hydrogens is 317 g/mol.